The van der Waals surface area contributed by atoms with E-state index in [2.05, 4.69) is 31.2 Å². The number of hydrogen-bond donors (Lipinski definition) is 1. The van der Waals surface area contributed by atoms with E-state index in [1.165, 1.54) is 23.3 Å². The van der Waals surface area contributed by atoms with E-state index in [9.17, 15) is 8.78 Å². The van der Waals surface area contributed by atoms with Gasteiger partial charge in [0.2, 0.25) is 0 Å². The van der Waals surface area contributed by atoms with Crippen LogP contribution in [0.4, 0.5) is 14.5 Å². The fraction of sp³-hybridized carbons (Fsp3) is 0.368. The van der Waals surface area contributed by atoms with Gasteiger partial charge >= 0.3 is 0 Å². The summed E-state index contributed by atoms with van der Waals surface area (Å²) >= 11 is 0. The molecule has 2 atom stereocenters. The largest absolute Gasteiger partial charge is 0.367 e. The summed E-state index contributed by atoms with van der Waals surface area (Å²) in [5.74, 6) is -0.600. The van der Waals surface area contributed by atoms with Crippen LogP contribution in [0.2, 0.25) is 0 Å². The molecule has 0 radical (unpaired) electrons. The molecule has 0 bridgehead atoms. The molecule has 2 nitrogen and oxygen atoms in total. The maximum atomic E-state index is 14.1. The molecule has 122 valence electrons. The predicted octanol–water partition coefficient (Wildman–Crippen LogP) is 3.85. The van der Waals surface area contributed by atoms with Gasteiger partial charge in [0.25, 0.3) is 0 Å². The van der Waals surface area contributed by atoms with E-state index < -0.39 is 11.6 Å². The molecule has 4 heteroatoms. The Balaban J connectivity index is 1.85. The molecule has 1 aliphatic heterocycles. The summed E-state index contributed by atoms with van der Waals surface area (Å²) in [6.07, 6.45) is 1.87. The van der Waals surface area contributed by atoms with E-state index in [0.717, 1.165) is 18.9 Å². The third kappa shape index (κ3) is 3.53. The molecule has 1 aliphatic rings. The highest BCUT2D eigenvalue weighted by Crippen LogP contribution is 2.31. The Morgan fingerprint density at radius 2 is 1.83 bits per heavy atom. The molecule has 0 spiro atoms. The second kappa shape index (κ2) is 6.67. The highest BCUT2D eigenvalue weighted by molar-refractivity contribution is 5.49. The molecule has 2 aromatic carbocycles. The Morgan fingerprint density at radius 3 is 2.52 bits per heavy atom. The van der Waals surface area contributed by atoms with Gasteiger partial charge in [0.15, 0.2) is 0 Å². The van der Waals surface area contributed by atoms with Crippen LogP contribution < -0.4 is 10.6 Å². The molecule has 0 saturated carbocycles. The Morgan fingerprint density at radius 1 is 1.09 bits per heavy atom. The van der Waals surface area contributed by atoms with Gasteiger partial charge in [-0.15, -0.1) is 0 Å². The van der Waals surface area contributed by atoms with Crippen LogP contribution in [0.15, 0.2) is 42.5 Å². The lowest BCUT2D eigenvalue weighted by Gasteiger charge is -2.38. The summed E-state index contributed by atoms with van der Waals surface area (Å²) in [6, 6.07) is 12.0. The monoisotopic (exact) mass is 316 g/mol. The van der Waals surface area contributed by atoms with Crippen LogP contribution in [0, 0.1) is 11.6 Å². The first-order chi connectivity index (χ1) is 11.1. The van der Waals surface area contributed by atoms with Gasteiger partial charge in [0.1, 0.15) is 11.6 Å². The second-order valence-electron chi connectivity index (χ2n) is 6.29. The average molecular weight is 316 g/mol. The fourth-order valence-electron chi connectivity index (χ4n) is 3.33. The molecule has 2 unspecified atom stereocenters. The van der Waals surface area contributed by atoms with Crippen molar-refractivity contribution in [1.82, 2.24) is 0 Å². The maximum absolute atomic E-state index is 14.1. The first-order valence-electron chi connectivity index (χ1n) is 8.11. The Hall–Kier alpha value is -1.94. The molecule has 2 N–H and O–H groups in total. The molecule has 1 fully saturated rings. The van der Waals surface area contributed by atoms with Crippen molar-refractivity contribution in [3.8, 4) is 0 Å². The molecule has 0 aromatic heterocycles. The van der Waals surface area contributed by atoms with Crippen LogP contribution in [0.1, 0.15) is 30.4 Å². The zero-order valence-electron chi connectivity index (χ0n) is 13.3. The fourth-order valence-corrected chi connectivity index (χ4v) is 3.33. The molecule has 23 heavy (non-hydrogen) atoms. The molecular formula is C19H22F2N2. The molecule has 1 heterocycles. The normalized spacial score (nSPS) is 21.5. The Labute approximate surface area is 135 Å². The van der Waals surface area contributed by atoms with Crippen molar-refractivity contribution < 1.29 is 8.78 Å². The summed E-state index contributed by atoms with van der Waals surface area (Å²) < 4.78 is 27.5. The summed E-state index contributed by atoms with van der Waals surface area (Å²) in [7, 11) is 0. The van der Waals surface area contributed by atoms with Crippen LogP contribution in [-0.4, -0.2) is 19.1 Å². The van der Waals surface area contributed by atoms with Crippen LogP contribution in [0.5, 0.6) is 0 Å². The molecule has 0 amide bonds. The average Bonchev–Trinajstić information content (AvgIpc) is 2.56. The number of rotatable bonds is 3. The smallest absolute Gasteiger partial charge is 0.146 e. The van der Waals surface area contributed by atoms with E-state index in [1.54, 1.807) is 0 Å². The zero-order chi connectivity index (χ0) is 16.4. The quantitative estimate of drug-likeness (QED) is 0.932. The predicted molar refractivity (Wildman–Crippen MR) is 89.7 cm³/mol. The van der Waals surface area contributed by atoms with Crippen molar-refractivity contribution in [1.29, 1.82) is 0 Å². The topological polar surface area (TPSA) is 29.3 Å². The van der Waals surface area contributed by atoms with E-state index in [-0.39, 0.29) is 12.0 Å². The van der Waals surface area contributed by atoms with Gasteiger partial charge in [0, 0.05) is 31.1 Å². The van der Waals surface area contributed by atoms with Crippen molar-refractivity contribution >= 4 is 5.69 Å². The van der Waals surface area contributed by atoms with Crippen LogP contribution in [0.25, 0.3) is 0 Å². The number of anilines is 1. The number of aryl methyl sites for hydroxylation is 1. The van der Waals surface area contributed by atoms with Crippen molar-refractivity contribution in [2.24, 2.45) is 5.73 Å². The minimum absolute atomic E-state index is 0.0535. The lowest BCUT2D eigenvalue weighted by atomic mass is 9.87. The summed E-state index contributed by atoms with van der Waals surface area (Å²) in [5.41, 5.74) is 8.98. The van der Waals surface area contributed by atoms with Crippen molar-refractivity contribution in [2.75, 3.05) is 18.0 Å². The van der Waals surface area contributed by atoms with Gasteiger partial charge in [-0.25, -0.2) is 8.78 Å². The minimum atomic E-state index is -0.426. The highest BCUT2D eigenvalue weighted by Gasteiger charge is 2.28. The molecule has 1 saturated heterocycles. The van der Waals surface area contributed by atoms with Crippen LogP contribution >= 0.6 is 0 Å². The highest BCUT2D eigenvalue weighted by atomic mass is 19.1. The van der Waals surface area contributed by atoms with E-state index >= 15 is 0 Å². The first kappa shape index (κ1) is 15.9. The Kier molecular flexibility index (Phi) is 4.62. The van der Waals surface area contributed by atoms with Gasteiger partial charge < -0.3 is 10.6 Å². The van der Waals surface area contributed by atoms with Crippen molar-refractivity contribution in [2.45, 2.75) is 31.7 Å². The lowest BCUT2D eigenvalue weighted by Crippen LogP contribution is -2.46. The number of benzene rings is 2. The molecule has 0 aliphatic carbocycles. The van der Waals surface area contributed by atoms with Crippen molar-refractivity contribution in [3.63, 3.8) is 0 Å². The van der Waals surface area contributed by atoms with Crippen LogP contribution in [0.3, 0.4) is 0 Å². The number of piperidine rings is 1. The summed E-state index contributed by atoms with van der Waals surface area (Å²) in [4.78, 5) is 1.87. The van der Waals surface area contributed by atoms with Gasteiger partial charge in [-0.3, -0.25) is 0 Å². The van der Waals surface area contributed by atoms with E-state index in [4.69, 9.17) is 5.73 Å². The number of hydrogen-bond acceptors (Lipinski definition) is 2. The first-order valence-corrected chi connectivity index (χ1v) is 8.11. The van der Waals surface area contributed by atoms with Gasteiger partial charge in [0.05, 0.1) is 5.69 Å². The minimum Gasteiger partial charge on any atom is -0.367 e. The molecular weight excluding hydrogens is 294 g/mol. The SMILES string of the molecule is CCc1ccc(C2CC(N)CN(c3cc(F)ccc3F)C2)cc1. The standard InChI is InChI=1S/C19H22F2N2/c1-2-13-3-5-14(6-4-13)15-9-17(22)12-23(11-15)19-10-16(20)7-8-18(19)21/h3-8,10,15,17H,2,9,11-12,22H2,1H3. The van der Waals surface area contributed by atoms with Gasteiger partial charge in [-0.05, 0) is 36.1 Å². The zero-order valence-corrected chi connectivity index (χ0v) is 13.3. The third-order valence-corrected chi connectivity index (χ3v) is 4.59. The van der Waals surface area contributed by atoms with E-state index in [1.807, 2.05) is 4.90 Å². The molecule has 3 rings (SSSR count). The van der Waals surface area contributed by atoms with Gasteiger partial charge in [-0.1, -0.05) is 31.2 Å². The Bertz CT molecular complexity index is 670. The summed E-state index contributed by atoms with van der Waals surface area (Å²) in [5, 5.41) is 0. The van der Waals surface area contributed by atoms with Gasteiger partial charge in [-0.2, -0.15) is 0 Å². The van der Waals surface area contributed by atoms with E-state index in [0.29, 0.717) is 18.8 Å². The lowest BCUT2D eigenvalue weighted by molar-refractivity contribution is 0.448. The maximum Gasteiger partial charge on any atom is 0.146 e. The summed E-state index contributed by atoms with van der Waals surface area (Å²) in [6.45, 7) is 3.32. The third-order valence-electron chi connectivity index (χ3n) is 4.59. The van der Waals surface area contributed by atoms with Crippen LogP contribution in [-0.2, 0) is 6.42 Å². The number of halogens is 2. The number of nitrogens with two attached hydrogens (primary N) is 1. The number of nitrogens with zero attached hydrogens (tertiary/aromatic N) is 1. The van der Waals surface area contributed by atoms with Crippen molar-refractivity contribution in [3.05, 3.63) is 65.2 Å². The molecule has 2 aromatic rings. The second-order valence-corrected chi connectivity index (χ2v) is 6.29.